The number of aliphatic hydroxyl groups is 2. The van der Waals surface area contributed by atoms with E-state index in [1.54, 1.807) is 0 Å². The van der Waals surface area contributed by atoms with Crippen molar-refractivity contribution in [2.45, 2.75) is 9.87 Å². The fraction of sp³-hybridized carbons (Fsp3) is 0.118. The smallest absolute Gasteiger partial charge is 0.304 e. The molecule has 2 aromatic carbocycles. The summed E-state index contributed by atoms with van der Waals surface area (Å²) in [5, 5.41) is 42.9. The molecule has 0 bridgehead atoms. The molecule has 1 heterocycles. The van der Waals surface area contributed by atoms with Gasteiger partial charge in [-0.1, -0.05) is 30.3 Å². The van der Waals surface area contributed by atoms with Crippen LogP contribution in [0.1, 0.15) is 22.3 Å². The fourth-order valence-electron chi connectivity index (χ4n) is 3.84. The minimum atomic E-state index is -5.58. The number of benzene rings is 2. The van der Waals surface area contributed by atoms with Crippen molar-refractivity contribution in [2.75, 3.05) is 0 Å². The summed E-state index contributed by atoms with van der Waals surface area (Å²) < 4.78 is 69.2. The molecule has 1 aliphatic rings. The maximum absolute atomic E-state index is 12.4. The molecule has 2 radical (unpaired) electrons. The Hall–Kier alpha value is -0.810. The van der Waals surface area contributed by atoms with Gasteiger partial charge in [-0.05, 0) is 6.07 Å². The van der Waals surface area contributed by atoms with Crippen LogP contribution in [-0.4, -0.2) is 110 Å². The fourth-order valence-corrected chi connectivity index (χ4v) is 5.68. The molecule has 0 fully saturated rings. The summed E-state index contributed by atoms with van der Waals surface area (Å²) in [6.45, 7) is 0. The van der Waals surface area contributed by atoms with Crippen LogP contribution in [-0.2, 0) is 30.1 Å². The van der Waals surface area contributed by atoms with Crippen LogP contribution in [0.3, 0.4) is 0 Å². The minimum absolute atomic E-state index is 0. The Morgan fingerprint density at radius 1 is 0.719 bits per heavy atom. The normalized spacial score (nSPS) is 22.2. The van der Waals surface area contributed by atoms with E-state index in [2.05, 4.69) is 4.98 Å². The Labute approximate surface area is 225 Å². The third-order valence-electron chi connectivity index (χ3n) is 5.09. The molecule has 2 unspecified atom stereocenters. The van der Waals surface area contributed by atoms with Gasteiger partial charge in [0, 0.05) is 87.4 Å². The van der Waals surface area contributed by atoms with Crippen molar-refractivity contribution in [3.63, 3.8) is 0 Å². The number of hydrogen-bond donors (Lipinski definition) is 6. The van der Waals surface area contributed by atoms with Gasteiger partial charge in [0.05, 0.1) is 5.56 Å². The number of fused-ring (bicyclic) bond motifs is 4. The van der Waals surface area contributed by atoms with Crippen LogP contribution < -0.4 is 0 Å². The third-order valence-corrected chi connectivity index (χ3v) is 7.44. The number of nitrogens with zero attached hydrogens (tertiary/aromatic N) is 1. The number of hydrogen-bond acceptors (Lipinski definition) is 9. The first-order valence-electron chi connectivity index (χ1n) is 8.10. The molecule has 4 rings (SSSR count). The van der Waals surface area contributed by atoms with Gasteiger partial charge in [0.15, 0.2) is 11.5 Å². The summed E-state index contributed by atoms with van der Waals surface area (Å²) >= 11 is 0. The summed E-state index contributed by atoms with van der Waals surface area (Å²) in [7, 11) is -11.1. The molecule has 0 aliphatic heterocycles. The maximum Gasteiger partial charge on any atom is 0.304 e. The first-order chi connectivity index (χ1) is 13.8. The van der Waals surface area contributed by atoms with Crippen LogP contribution in [0.2, 0.25) is 0 Å². The molecule has 1 aliphatic carbocycles. The average molecular weight is 501 g/mol. The summed E-state index contributed by atoms with van der Waals surface area (Å²) in [5.74, 6) is -2.42. The summed E-state index contributed by atoms with van der Waals surface area (Å²) in [6.07, 6.45) is 1.14. The van der Waals surface area contributed by atoms with Gasteiger partial charge >= 0.3 is 20.2 Å². The molecule has 2 atom stereocenters. The molecule has 0 spiro atoms. The first-order valence-corrected chi connectivity index (χ1v) is 11.0. The molecule has 1 aromatic heterocycles. The predicted molar refractivity (Wildman–Crippen MR) is 112 cm³/mol. The zero-order valence-corrected chi connectivity index (χ0v) is 22.3. The second-order valence-electron chi connectivity index (χ2n) is 6.63. The van der Waals surface area contributed by atoms with Crippen LogP contribution in [0, 0.1) is 0 Å². The van der Waals surface area contributed by atoms with Crippen LogP contribution in [0.5, 0.6) is 11.5 Å². The zero-order chi connectivity index (χ0) is 22.3. The number of rotatable bonds is 2. The van der Waals surface area contributed by atoms with Crippen molar-refractivity contribution in [3.8, 4) is 11.5 Å². The average Bonchev–Trinajstić information content (AvgIpc) is 2.67. The molecular weight excluding hydrogens is 488 g/mol. The molecule has 6 N–H and O–H groups in total. The van der Waals surface area contributed by atoms with E-state index in [-0.39, 0.29) is 59.1 Å². The van der Waals surface area contributed by atoms with Gasteiger partial charge < -0.3 is 20.4 Å². The van der Waals surface area contributed by atoms with E-state index in [1.165, 1.54) is 12.1 Å². The van der Waals surface area contributed by atoms with Crippen molar-refractivity contribution in [2.24, 2.45) is 0 Å². The van der Waals surface area contributed by atoms with Crippen molar-refractivity contribution in [1.82, 2.24) is 4.98 Å². The van der Waals surface area contributed by atoms with E-state index >= 15 is 0 Å². The molecule has 3 aromatic rings. The largest absolute Gasteiger partial charge is 0.504 e. The first kappa shape index (κ1) is 27.4. The van der Waals surface area contributed by atoms with E-state index in [1.807, 2.05) is 0 Å². The van der Waals surface area contributed by atoms with E-state index in [0.29, 0.717) is 0 Å². The summed E-state index contributed by atoms with van der Waals surface area (Å²) in [4.78, 5) is -3.14. The SMILES string of the molecule is O=S(=O)(O)C1(O)c2ccccc2C(O)(S(=O)(=O)O)c2c1c(O)c(O)c1ncccc21.[Na].[Na]. The van der Waals surface area contributed by atoms with Gasteiger partial charge in [-0.2, -0.15) is 16.8 Å². The van der Waals surface area contributed by atoms with E-state index in [9.17, 15) is 46.4 Å². The minimum Gasteiger partial charge on any atom is -0.504 e. The summed E-state index contributed by atoms with van der Waals surface area (Å²) in [6, 6.07) is 6.46. The number of pyridine rings is 1. The van der Waals surface area contributed by atoms with Crippen molar-refractivity contribution < 1.29 is 46.4 Å². The summed E-state index contributed by atoms with van der Waals surface area (Å²) in [5.41, 5.74) is -4.37. The van der Waals surface area contributed by atoms with Crippen LogP contribution in [0.25, 0.3) is 10.9 Å². The zero-order valence-electron chi connectivity index (χ0n) is 16.6. The monoisotopic (exact) mass is 501 g/mol. The molecular formula is C17H13NNa2O10S2. The Morgan fingerprint density at radius 3 is 1.66 bits per heavy atom. The van der Waals surface area contributed by atoms with E-state index < -0.39 is 74.8 Å². The number of aromatic nitrogens is 1. The van der Waals surface area contributed by atoms with Crippen LogP contribution in [0.4, 0.5) is 0 Å². The quantitative estimate of drug-likeness (QED) is 0.148. The Balaban J connectivity index is 0.00000181. The predicted octanol–water partition coefficient (Wildman–Crippen LogP) is -0.640. The van der Waals surface area contributed by atoms with Crippen LogP contribution >= 0.6 is 0 Å². The van der Waals surface area contributed by atoms with E-state index in [0.717, 1.165) is 30.5 Å². The number of phenolic OH excluding ortho intramolecular Hbond substituents is 2. The Bertz CT molecular complexity index is 1460. The number of aromatic hydroxyl groups is 2. The topological polar surface area (TPSA) is 203 Å². The molecule has 15 heteroatoms. The van der Waals surface area contributed by atoms with Crippen LogP contribution in [0.15, 0.2) is 42.6 Å². The van der Waals surface area contributed by atoms with Crippen molar-refractivity contribution in [1.29, 1.82) is 0 Å². The molecule has 0 saturated carbocycles. The van der Waals surface area contributed by atoms with E-state index in [4.69, 9.17) is 0 Å². The maximum atomic E-state index is 12.4. The standard InChI is InChI=1S/C17H13NO10S2.2Na/c19-14-12-11(8-4-3-7-18-13(8)15(14)20)16(21,29(23,24)25)9-5-1-2-6-10(9)17(12,22)30(26,27)28;;/h1-7,19-22H,(H,23,24,25)(H,26,27,28);;. The molecule has 11 nitrogen and oxygen atoms in total. The molecule has 0 amide bonds. The second-order valence-corrected chi connectivity index (χ2v) is 9.71. The Morgan fingerprint density at radius 2 is 1.19 bits per heavy atom. The van der Waals surface area contributed by atoms with Crippen molar-refractivity contribution >= 4 is 90.3 Å². The van der Waals surface area contributed by atoms with Gasteiger partial charge in [0.2, 0.25) is 9.87 Å². The van der Waals surface area contributed by atoms with Crippen molar-refractivity contribution in [3.05, 3.63) is 64.8 Å². The molecule has 0 saturated heterocycles. The van der Waals surface area contributed by atoms with Gasteiger partial charge in [-0.3, -0.25) is 14.1 Å². The molecule has 32 heavy (non-hydrogen) atoms. The molecule has 160 valence electrons. The third kappa shape index (κ3) is 3.35. The number of phenols is 2. The Kier molecular flexibility index (Phi) is 7.24. The van der Waals surface area contributed by atoms with Gasteiger partial charge in [0.25, 0.3) is 0 Å². The van der Waals surface area contributed by atoms with Gasteiger partial charge in [0.1, 0.15) is 5.52 Å². The van der Waals surface area contributed by atoms with Gasteiger partial charge in [-0.15, -0.1) is 0 Å². The van der Waals surface area contributed by atoms with Gasteiger partial charge in [-0.25, -0.2) is 0 Å². The second kappa shape index (κ2) is 8.45.